The number of phenolic OH excluding ortho intramolecular Hbond substituents is 1. The van der Waals surface area contributed by atoms with Crippen molar-refractivity contribution < 1.29 is 24.0 Å². The van der Waals surface area contributed by atoms with Crippen LogP contribution in [0, 0.1) is 0 Å². The maximum absolute atomic E-state index is 11.6. The molecule has 0 radical (unpaired) electrons. The van der Waals surface area contributed by atoms with Gasteiger partial charge in [0.2, 0.25) is 5.78 Å². The summed E-state index contributed by atoms with van der Waals surface area (Å²) in [5.41, 5.74) is 0.221. The molecule has 0 aliphatic rings. The fourth-order valence-electron chi connectivity index (χ4n) is 1.28. The van der Waals surface area contributed by atoms with Gasteiger partial charge in [0, 0.05) is 5.56 Å². The topological polar surface area (TPSA) is 86.7 Å². The first-order valence-electron chi connectivity index (χ1n) is 4.69. The average Bonchev–Trinajstić information content (AvgIpc) is 2.26. The second-order valence-corrected chi connectivity index (χ2v) is 4.84. The summed E-state index contributed by atoms with van der Waals surface area (Å²) in [4.78, 5) is 22.9. The van der Waals surface area contributed by atoms with Gasteiger partial charge in [0.25, 0.3) is 0 Å². The molecule has 1 N–H and O–H groups in total. The molecule has 0 fully saturated rings. The predicted octanol–water partition coefficient (Wildman–Crippen LogP) is 0.740. The highest BCUT2D eigenvalue weighted by molar-refractivity contribution is 7.91. The largest absolute Gasteiger partial charge is 0.616 e. The Balaban J connectivity index is 3.05. The van der Waals surface area contributed by atoms with Crippen LogP contribution in [-0.4, -0.2) is 40.5 Å². The molecule has 0 saturated heterocycles. The fraction of sp³-hybridized carbons (Fsp3) is 0.273. The summed E-state index contributed by atoms with van der Waals surface area (Å²) >= 11 is -1.27. The fourth-order valence-corrected chi connectivity index (χ4v) is 1.81. The number of rotatable bonds is 4. The Morgan fingerprint density at radius 1 is 1.35 bits per heavy atom. The number of benzene rings is 1. The van der Waals surface area contributed by atoms with Gasteiger partial charge < -0.3 is 14.4 Å². The second-order valence-electron chi connectivity index (χ2n) is 3.40. The quantitative estimate of drug-likeness (QED) is 0.488. The minimum Gasteiger partial charge on any atom is -0.616 e. The van der Waals surface area contributed by atoms with Crippen LogP contribution < -0.4 is 0 Å². The van der Waals surface area contributed by atoms with Gasteiger partial charge in [-0.1, -0.05) is 0 Å². The Morgan fingerprint density at radius 2 is 1.94 bits per heavy atom. The number of carbonyl (C=O) groups excluding carboxylic acids is 2. The van der Waals surface area contributed by atoms with E-state index >= 15 is 0 Å². The standard InChI is InChI=1S/C11H12O5S/c1-16-11(14)8-3-7(4-9(12)5-8)10(13)6-17(2)15/h3-5,12H,6H2,1-2H3. The number of hydrogen-bond donors (Lipinski definition) is 1. The van der Waals surface area contributed by atoms with Crippen LogP contribution >= 0.6 is 0 Å². The van der Waals surface area contributed by atoms with Crippen molar-refractivity contribution in [2.45, 2.75) is 0 Å². The zero-order valence-electron chi connectivity index (χ0n) is 9.43. The van der Waals surface area contributed by atoms with Gasteiger partial charge in [-0.2, -0.15) is 0 Å². The molecule has 0 amide bonds. The molecule has 0 aromatic heterocycles. The summed E-state index contributed by atoms with van der Waals surface area (Å²) in [6.07, 6.45) is 1.40. The Bertz CT molecular complexity index is 441. The van der Waals surface area contributed by atoms with Gasteiger partial charge in [0.15, 0.2) is 5.75 Å². The van der Waals surface area contributed by atoms with Crippen molar-refractivity contribution in [3.8, 4) is 5.75 Å². The molecule has 0 bridgehead atoms. The monoisotopic (exact) mass is 256 g/mol. The number of hydrogen-bond acceptors (Lipinski definition) is 5. The third-order valence-corrected chi connectivity index (χ3v) is 2.66. The Hall–Kier alpha value is -1.53. The summed E-state index contributed by atoms with van der Waals surface area (Å²) in [6.45, 7) is 0. The second kappa shape index (κ2) is 5.70. The Kier molecular flexibility index (Phi) is 4.53. The summed E-state index contributed by atoms with van der Waals surface area (Å²) in [7, 11) is 1.20. The Labute approximate surface area is 102 Å². The minimum absolute atomic E-state index is 0.0812. The van der Waals surface area contributed by atoms with E-state index in [0.29, 0.717) is 0 Å². The molecule has 1 unspecified atom stereocenters. The van der Waals surface area contributed by atoms with Gasteiger partial charge in [-0.15, -0.1) is 0 Å². The van der Waals surface area contributed by atoms with Crippen LogP contribution in [0.25, 0.3) is 0 Å². The Morgan fingerprint density at radius 3 is 2.47 bits per heavy atom. The van der Waals surface area contributed by atoms with E-state index in [1.54, 1.807) is 0 Å². The zero-order valence-corrected chi connectivity index (χ0v) is 10.2. The highest BCUT2D eigenvalue weighted by atomic mass is 32.2. The maximum atomic E-state index is 11.6. The van der Waals surface area contributed by atoms with Crippen LogP contribution in [0.1, 0.15) is 20.7 Å². The van der Waals surface area contributed by atoms with E-state index < -0.39 is 22.9 Å². The molecule has 1 aromatic rings. The van der Waals surface area contributed by atoms with Crippen LogP contribution in [0.15, 0.2) is 18.2 Å². The minimum atomic E-state index is -1.27. The van der Waals surface area contributed by atoms with Gasteiger partial charge in [-0.25, -0.2) is 4.79 Å². The lowest BCUT2D eigenvalue weighted by Crippen LogP contribution is -2.15. The lowest BCUT2D eigenvalue weighted by atomic mass is 10.1. The molecule has 1 aromatic carbocycles. The number of methoxy groups -OCH3 is 1. The van der Waals surface area contributed by atoms with Crippen molar-refractivity contribution in [3.05, 3.63) is 29.3 Å². The van der Waals surface area contributed by atoms with E-state index in [0.717, 1.165) is 0 Å². The average molecular weight is 256 g/mol. The number of carbonyl (C=O) groups is 2. The van der Waals surface area contributed by atoms with Crippen molar-refractivity contribution in [2.75, 3.05) is 19.1 Å². The van der Waals surface area contributed by atoms with Crippen LogP contribution in [-0.2, 0) is 15.9 Å². The first kappa shape index (κ1) is 13.5. The van der Waals surface area contributed by atoms with E-state index in [9.17, 15) is 19.2 Å². The number of esters is 1. The molecule has 0 spiro atoms. The van der Waals surface area contributed by atoms with Crippen LogP contribution in [0.2, 0.25) is 0 Å². The third-order valence-electron chi connectivity index (χ3n) is 2.00. The molecule has 1 rings (SSSR count). The van der Waals surface area contributed by atoms with E-state index in [4.69, 9.17) is 0 Å². The molecule has 17 heavy (non-hydrogen) atoms. The lowest BCUT2D eigenvalue weighted by molar-refractivity contribution is 0.0600. The van der Waals surface area contributed by atoms with Crippen LogP contribution in [0.4, 0.5) is 0 Å². The molecule has 6 heteroatoms. The molecule has 0 saturated carbocycles. The van der Waals surface area contributed by atoms with Crippen molar-refractivity contribution in [3.63, 3.8) is 0 Å². The number of phenols is 1. The van der Waals surface area contributed by atoms with Crippen molar-refractivity contribution >= 4 is 22.9 Å². The van der Waals surface area contributed by atoms with E-state index in [1.807, 2.05) is 0 Å². The van der Waals surface area contributed by atoms with Crippen molar-refractivity contribution in [1.82, 2.24) is 0 Å². The van der Waals surface area contributed by atoms with Gasteiger partial charge in [-0.05, 0) is 29.4 Å². The number of ether oxygens (including phenoxy) is 1. The molecule has 1 atom stereocenters. The molecular weight excluding hydrogens is 244 g/mol. The highest BCUT2D eigenvalue weighted by Crippen LogP contribution is 2.17. The zero-order chi connectivity index (χ0) is 13.0. The predicted molar refractivity (Wildman–Crippen MR) is 62.7 cm³/mol. The van der Waals surface area contributed by atoms with E-state index in [1.165, 1.54) is 31.6 Å². The summed E-state index contributed by atoms with van der Waals surface area (Å²) in [5.74, 6) is -1.40. The molecular formula is C11H12O5S. The van der Waals surface area contributed by atoms with E-state index in [-0.39, 0.29) is 22.6 Å². The van der Waals surface area contributed by atoms with Gasteiger partial charge >= 0.3 is 5.97 Å². The molecule has 0 heterocycles. The van der Waals surface area contributed by atoms with Gasteiger partial charge in [0.1, 0.15) is 5.75 Å². The number of aromatic hydroxyl groups is 1. The number of ketones is 1. The summed E-state index contributed by atoms with van der Waals surface area (Å²) in [5, 5.41) is 9.39. The molecule has 0 aliphatic carbocycles. The van der Waals surface area contributed by atoms with Gasteiger partial charge in [-0.3, -0.25) is 4.79 Å². The van der Waals surface area contributed by atoms with Gasteiger partial charge in [0.05, 0.1) is 18.9 Å². The highest BCUT2D eigenvalue weighted by Gasteiger charge is 2.16. The first-order valence-corrected chi connectivity index (χ1v) is 6.42. The summed E-state index contributed by atoms with van der Waals surface area (Å²) in [6, 6.07) is 3.73. The lowest BCUT2D eigenvalue weighted by Gasteiger charge is -2.06. The van der Waals surface area contributed by atoms with Crippen LogP contribution in [0.3, 0.4) is 0 Å². The van der Waals surface area contributed by atoms with E-state index in [2.05, 4.69) is 4.74 Å². The first-order chi connectivity index (χ1) is 7.93. The smallest absolute Gasteiger partial charge is 0.338 e. The summed E-state index contributed by atoms with van der Waals surface area (Å²) < 4.78 is 15.4. The third kappa shape index (κ3) is 3.76. The molecule has 0 aliphatic heterocycles. The SMILES string of the molecule is COC(=O)c1cc(O)cc(C(=O)C[S+](C)[O-])c1. The number of Topliss-reactive ketones (excluding diaryl/α,β-unsaturated/α-hetero) is 1. The molecule has 92 valence electrons. The van der Waals surface area contributed by atoms with Crippen LogP contribution in [0.5, 0.6) is 5.75 Å². The molecule has 5 nitrogen and oxygen atoms in total. The maximum Gasteiger partial charge on any atom is 0.338 e. The van der Waals surface area contributed by atoms with Crippen molar-refractivity contribution in [2.24, 2.45) is 0 Å². The normalized spacial score (nSPS) is 11.9. The van der Waals surface area contributed by atoms with Crippen molar-refractivity contribution in [1.29, 1.82) is 0 Å².